The molecule has 7 nitrogen and oxygen atoms in total. The summed E-state index contributed by atoms with van der Waals surface area (Å²) in [5.74, 6) is -0.202. The van der Waals surface area contributed by atoms with E-state index >= 15 is 4.39 Å². The van der Waals surface area contributed by atoms with Crippen molar-refractivity contribution in [2.45, 2.75) is 56.1 Å². The Kier molecular flexibility index (Phi) is 7.15. The normalized spacial score (nSPS) is 21.7. The van der Waals surface area contributed by atoms with Gasteiger partial charge in [-0.05, 0) is 74.4 Å². The number of nitrogens with zero attached hydrogens (tertiary/aromatic N) is 5. The second-order valence-electron chi connectivity index (χ2n) is 13.1. The molecule has 8 rings (SSSR count). The summed E-state index contributed by atoms with van der Waals surface area (Å²) in [7, 11) is 0. The average molecular weight is 636 g/mol. The molecule has 4 aromatic rings. The van der Waals surface area contributed by atoms with E-state index in [0.29, 0.717) is 52.7 Å². The Morgan fingerprint density at radius 1 is 1.11 bits per heavy atom. The van der Waals surface area contributed by atoms with Crippen molar-refractivity contribution in [1.29, 1.82) is 5.26 Å². The summed E-state index contributed by atoms with van der Waals surface area (Å²) in [5, 5.41) is 12.9. The predicted molar refractivity (Wildman–Crippen MR) is 179 cm³/mol. The zero-order valence-electron chi connectivity index (χ0n) is 25.6. The number of benzene rings is 3. The van der Waals surface area contributed by atoms with Crippen LogP contribution < -0.4 is 9.64 Å². The van der Waals surface area contributed by atoms with Crippen LogP contribution in [0.1, 0.15) is 37.7 Å². The molecule has 3 aromatic carbocycles. The minimum atomic E-state index is -0.451. The van der Waals surface area contributed by atoms with Crippen LogP contribution in [0.15, 0.2) is 61.2 Å². The number of carbonyl (C=O) groups is 1. The number of pyridine rings is 1. The van der Waals surface area contributed by atoms with Gasteiger partial charge in [0, 0.05) is 34.4 Å². The lowest BCUT2D eigenvalue weighted by Crippen LogP contribution is -2.63. The molecule has 5 heterocycles. The number of fused-ring (bicyclic) bond motifs is 4. The molecule has 9 heteroatoms. The molecule has 1 amide bonds. The Morgan fingerprint density at radius 2 is 1.89 bits per heavy atom. The van der Waals surface area contributed by atoms with Gasteiger partial charge in [0.25, 0.3) is 0 Å². The second kappa shape index (κ2) is 11.3. The Labute approximate surface area is 272 Å². The summed E-state index contributed by atoms with van der Waals surface area (Å²) in [6.07, 6.45) is 6.61. The van der Waals surface area contributed by atoms with E-state index in [9.17, 15) is 10.1 Å². The van der Waals surface area contributed by atoms with Gasteiger partial charge in [0.2, 0.25) is 11.8 Å². The molecule has 1 aromatic heterocycles. The minimum Gasteiger partial charge on any atom is -0.475 e. The van der Waals surface area contributed by atoms with Gasteiger partial charge in [-0.25, -0.2) is 9.37 Å². The molecule has 234 valence electrons. The lowest BCUT2D eigenvalue weighted by molar-refractivity contribution is -0.127. The number of rotatable bonds is 7. The first-order chi connectivity index (χ1) is 22.4. The lowest BCUT2D eigenvalue weighted by atomic mass is 9.91. The predicted octanol–water partition coefficient (Wildman–Crippen LogP) is 6.90. The molecule has 2 atom stereocenters. The Morgan fingerprint density at radius 3 is 2.65 bits per heavy atom. The van der Waals surface area contributed by atoms with E-state index in [4.69, 9.17) is 21.3 Å². The van der Waals surface area contributed by atoms with E-state index in [1.54, 1.807) is 6.07 Å². The lowest BCUT2D eigenvalue weighted by Gasteiger charge is -2.49. The van der Waals surface area contributed by atoms with Gasteiger partial charge in [0.1, 0.15) is 12.1 Å². The summed E-state index contributed by atoms with van der Waals surface area (Å²) in [6, 6.07) is 17.6. The van der Waals surface area contributed by atoms with Crippen LogP contribution in [0.4, 0.5) is 10.1 Å². The molecule has 46 heavy (non-hydrogen) atoms. The van der Waals surface area contributed by atoms with Gasteiger partial charge in [-0.3, -0.25) is 9.69 Å². The fourth-order valence-electron chi connectivity index (χ4n) is 8.64. The Bertz CT molecular complexity index is 1940. The van der Waals surface area contributed by atoms with Crippen LogP contribution in [0.3, 0.4) is 0 Å². The summed E-state index contributed by atoms with van der Waals surface area (Å²) < 4.78 is 23.6. The largest absolute Gasteiger partial charge is 0.475 e. The third-order valence-corrected chi connectivity index (χ3v) is 11.2. The number of nitriles is 1. The highest BCUT2D eigenvalue weighted by atomic mass is 35.5. The average Bonchev–Trinajstić information content (AvgIpc) is 3.73. The number of halogens is 2. The highest BCUT2D eigenvalue weighted by Crippen LogP contribution is 2.47. The monoisotopic (exact) mass is 635 g/mol. The van der Waals surface area contributed by atoms with Crippen molar-refractivity contribution in [3.05, 3.63) is 77.6 Å². The van der Waals surface area contributed by atoms with E-state index < -0.39 is 5.82 Å². The summed E-state index contributed by atoms with van der Waals surface area (Å²) in [4.78, 5) is 24.1. The van der Waals surface area contributed by atoms with Gasteiger partial charge < -0.3 is 14.5 Å². The number of hydrogen-bond acceptors (Lipinski definition) is 6. The van der Waals surface area contributed by atoms with Crippen LogP contribution in [-0.2, 0) is 11.2 Å². The van der Waals surface area contributed by atoms with Crippen molar-refractivity contribution < 1.29 is 13.9 Å². The van der Waals surface area contributed by atoms with E-state index in [1.165, 1.54) is 6.08 Å². The fourth-order valence-corrected chi connectivity index (χ4v) is 8.93. The number of anilines is 1. The molecule has 4 saturated heterocycles. The van der Waals surface area contributed by atoms with Gasteiger partial charge in [-0.1, -0.05) is 54.6 Å². The molecule has 4 aliphatic heterocycles. The number of ether oxygens (including phenoxy) is 1. The van der Waals surface area contributed by atoms with Crippen molar-refractivity contribution in [1.82, 2.24) is 14.8 Å². The number of carbonyl (C=O) groups excluding carboxylic acids is 1. The second-order valence-corrected chi connectivity index (χ2v) is 13.5. The number of likely N-dealkylation sites (tertiary alicyclic amines) is 1. The number of hydrogen-bond donors (Lipinski definition) is 0. The first-order valence-electron chi connectivity index (χ1n) is 16.2. The van der Waals surface area contributed by atoms with Gasteiger partial charge in [-0.15, -0.1) is 0 Å². The van der Waals surface area contributed by atoms with Crippen molar-refractivity contribution in [3.8, 4) is 23.1 Å². The highest BCUT2D eigenvalue weighted by Gasteiger charge is 2.50. The van der Waals surface area contributed by atoms with Crippen molar-refractivity contribution in [2.24, 2.45) is 0 Å². The molecule has 0 spiro atoms. The van der Waals surface area contributed by atoms with Crippen molar-refractivity contribution in [2.75, 3.05) is 37.7 Å². The zero-order valence-corrected chi connectivity index (χ0v) is 26.4. The molecule has 0 N–H and O–H groups in total. The highest BCUT2D eigenvalue weighted by molar-refractivity contribution is 6.36. The van der Waals surface area contributed by atoms with E-state index in [1.807, 2.05) is 47.4 Å². The maximum Gasteiger partial charge on any atom is 0.246 e. The molecular weight excluding hydrogens is 601 g/mol. The fraction of sp³-hybridized carbons (Fsp3) is 0.378. The smallest absolute Gasteiger partial charge is 0.246 e. The van der Waals surface area contributed by atoms with E-state index in [-0.39, 0.29) is 35.5 Å². The SMILES string of the molecule is C=CC(=O)N1CC[C@@H]2[C@H]1CN2c1c(CC#N)c(OCC23CCCN2CCC3)nc2c(F)c(-c3cccc4cccc(Cl)c34)ccc12. The first kappa shape index (κ1) is 29.2. The van der Waals surface area contributed by atoms with Crippen molar-refractivity contribution >= 4 is 44.9 Å². The van der Waals surface area contributed by atoms with Crippen LogP contribution in [0.5, 0.6) is 5.88 Å². The first-order valence-corrected chi connectivity index (χ1v) is 16.6. The van der Waals surface area contributed by atoms with Crippen LogP contribution in [0.25, 0.3) is 32.8 Å². The Balaban J connectivity index is 1.29. The molecule has 0 saturated carbocycles. The van der Waals surface area contributed by atoms with Crippen LogP contribution in [-0.4, -0.2) is 71.1 Å². The van der Waals surface area contributed by atoms with Gasteiger partial charge in [0.05, 0.1) is 41.4 Å². The molecule has 0 aliphatic carbocycles. The van der Waals surface area contributed by atoms with Gasteiger partial charge >= 0.3 is 0 Å². The molecular formula is C37H35ClFN5O2. The van der Waals surface area contributed by atoms with Crippen molar-refractivity contribution in [3.63, 3.8) is 0 Å². The summed E-state index contributed by atoms with van der Waals surface area (Å²) >= 11 is 6.67. The topological polar surface area (TPSA) is 72.7 Å². The maximum atomic E-state index is 17.0. The third kappa shape index (κ3) is 4.39. The molecule has 0 radical (unpaired) electrons. The zero-order chi connectivity index (χ0) is 31.6. The number of amides is 1. The number of aromatic nitrogens is 1. The molecule has 0 unspecified atom stereocenters. The standard InChI is InChI=1S/C37H35ClFN5O2/c1-2-31(45)43-20-14-29-30(43)21-44(29)35-26-12-11-25(24-9-3-7-23-8-4-10-28(38)32(23)24)33(39)34(26)41-36(27(35)13-17-40)46-22-37-15-5-18-42(37)19-6-16-37/h2-4,7-12,29-30H,1,5-6,13-16,18-22H2/t29-,30-/m1/s1. The van der Waals surface area contributed by atoms with Gasteiger partial charge in [-0.2, -0.15) is 5.26 Å². The molecule has 0 bridgehead atoms. The molecule has 4 aliphatic rings. The summed E-state index contributed by atoms with van der Waals surface area (Å²) in [6.45, 7) is 7.48. The van der Waals surface area contributed by atoms with Gasteiger partial charge in [0.15, 0.2) is 5.82 Å². The van der Waals surface area contributed by atoms with E-state index in [2.05, 4.69) is 22.4 Å². The summed E-state index contributed by atoms with van der Waals surface area (Å²) in [5.41, 5.74) is 2.73. The van der Waals surface area contributed by atoms with Crippen LogP contribution >= 0.6 is 11.6 Å². The third-order valence-electron chi connectivity index (χ3n) is 10.9. The van der Waals surface area contributed by atoms with Crippen LogP contribution in [0, 0.1) is 17.1 Å². The minimum absolute atomic E-state index is 0.0411. The quantitative estimate of drug-likeness (QED) is 0.206. The molecule has 4 fully saturated rings. The van der Waals surface area contributed by atoms with Crippen LogP contribution in [0.2, 0.25) is 5.02 Å². The maximum absolute atomic E-state index is 17.0. The Hall–Kier alpha value is -4.19. The van der Waals surface area contributed by atoms with E-state index in [0.717, 1.165) is 61.7 Å².